The zero-order valence-electron chi connectivity index (χ0n) is 12.5. The van der Waals surface area contributed by atoms with Gasteiger partial charge in [0.1, 0.15) is 0 Å². The Morgan fingerprint density at radius 1 is 0.571 bits per heavy atom. The van der Waals surface area contributed by atoms with Crippen LogP contribution in [0.2, 0.25) is 0 Å². The highest BCUT2D eigenvalue weighted by atomic mass is 14.8. The third kappa shape index (κ3) is 2.97. The maximum atomic E-state index is 4.71. The van der Waals surface area contributed by atoms with Crippen molar-refractivity contribution in [2.45, 2.75) is 20.8 Å². The van der Waals surface area contributed by atoms with Crippen LogP contribution < -0.4 is 0 Å². The van der Waals surface area contributed by atoms with E-state index in [0.717, 1.165) is 39.5 Å². The fraction of sp³-hybridized carbons (Fsp3) is 0.167. The summed E-state index contributed by atoms with van der Waals surface area (Å²) in [5, 5.41) is 0. The first kappa shape index (κ1) is 13.4. The van der Waals surface area contributed by atoms with E-state index in [1.807, 2.05) is 38.4 Å². The Morgan fingerprint density at radius 2 is 1.05 bits per heavy atom. The molecule has 3 heterocycles. The van der Waals surface area contributed by atoms with Crippen LogP contribution in [0.25, 0.3) is 22.8 Å². The van der Waals surface area contributed by atoms with Gasteiger partial charge in [0.2, 0.25) is 0 Å². The molecule has 21 heavy (non-hydrogen) atoms. The van der Waals surface area contributed by atoms with Crippen LogP contribution in [-0.2, 0) is 0 Å². The molecule has 0 spiro atoms. The van der Waals surface area contributed by atoms with Crippen LogP contribution in [0, 0.1) is 20.8 Å². The molecule has 0 saturated carbocycles. The summed E-state index contributed by atoms with van der Waals surface area (Å²) >= 11 is 0. The largest absolute Gasteiger partial charge is 0.254 e. The lowest BCUT2D eigenvalue weighted by Crippen LogP contribution is -1.94. The van der Waals surface area contributed by atoms with E-state index in [1.165, 1.54) is 0 Å². The first-order valence-electron chi connectivity index (χ1n) is 6.96. The van der Waals surface area contributed by atoms with Crippen LogP contribution >= 0.6 is 0 Å². The molecule has 3 aromatic rings. The monoisotopic (exact) mass is 275 g/mol. The number of aromatic nitrogens is 3. The highest BCUT2D eigenvalue weighted by Gasteiger charge is 2.07. The normalized spacial score (nSPS) is 10.6. The molecule has 104 valence electrons. The molecule has 0 atom stereocenters. The van der Waals surface area contributed by atoms with Crippen molar-refractivity contribution in [3.63, 3.8) is 0 Å². The highest BCUT2D eigenvalue weighted by molar-refractivity contribution is 5.63. The van der Waals surface area contributed by atoms with Gasteiger partial charge in [0, 0.05) is 12.4 Å². The molecule has 0 saturated heterocycles. The SMILES string of the molecule is Cc1ccc(-c2cc(C)cc(-c3ccc(C)cn3)n2)nc1. The Balaban J connectivity index is 2.07. The summed E-state index contributed by atoms with van der Waals surface area (Å²) in [6.07, 6.45) is 3.73. The molecule has 0 amide bonds. The van der Waals surface area contributed by atoms with Crippen LogP contribution in [0.4, 0.5) is 0 Å². The smallest absolute Gasteiger partial charge is 0.0897 e. The van der Waals surface area contributed by atoms with Crippen molar-refractivity contribution in [1.29, 1.82) is 0 Å². The number of rotatable bonds is 2. The maximum Gasteiger partial charge on any atom is 0.0897 e. The predicted molar refractivity (Wildman–Crippen MR) is 84.9 cm³/mol. The molecule has 0 aromatic carbocycles. The summed E-state index contributed by atoms with van der Waals surface area (Å²) < 4.78 is 0. The van der Waals surface area contributed by atoms with Gasteiger partial charge in [-0.1, -0.05) is 12.1 Å². The summed E-state index contributed by atoms with van der Waals surface area (Å²) in [6, 6.07) is 12.2. The minimum atomic E-state index is 0.882. The zero-order chi connectivity index (χ0) is 14.8. The molecule has 0 aliphatic rings. The van der Waals surface area contributed by atoms with Crippen molar-refractivity contribution in [1.82, 2.24) is 15.0 Å². The molecule has 3 rings (SSSR count). The van der Waals surface area contributed by atoms with Crippen LogP contribution in [-0.4, -0.2) is 15.0 Å². The first-order valence-corrected chi connectivity index (χ1v) is 6.96. The zero-order valence-corrected chi connectivity index (χ0v) is 12.5. The Hall–Kier alpha value is -2.55. The van der Waals surface area contributed by atoms with Gasteiger partial charge in [0.25, 0.3) is 0 Å². The van der Waals surface area contributed by atoms with Gasteiger partial charge in [-0.05, 0) is 61.7 Å². The second-order valence-electron chi connectivity index (χ2n) is 5.36. The Kier molecular flexibility index (Phi) is 3.48. The Morgan fingerprint density at radius 3 is 1.43 bits per heavy atom. The molecule has 0 radical (unpaired) electrons. The molecule has 3 nitrogen and oxygen atoms in total. The summed E-state index contributed by atoms with van der Waals surface area (Å²) in [5.41, 5.74) is 6.98. The maximum absolute atomic E-state index is 4.71. The predicted octanol–water partition coefficient (Wildman–Crippen LogP) is 4.13. The van der Waals surface area contributed by atoms with E-state index in [1.54, 1.807) is 0 Å². The third-order valence-corrected chi connectivity index (χ3v) is 3.32. The van der Waals surface area contributed by atoms with E-state index in [4.69, 9.17) is 4.98 Å². The van der Waals surface area contributed by atoms with E-state index >= 15 is 0 Å². The van der Waals surface area contributed by atoms with E-state index < -0.39 is 0 Å². The Labute approximate surface area is 124 Å². The van der Waals surface area contributed by atoms with Crippen molar-refractivity contribution < 1.29 is 0 Å². The standard InChI is InChI=1S/C18H17N3/c1-12-4-6-15(19-10-12)17-8-14(3)9-18(21-17)16-7-5-13(2)11-20-16/h4-11H,1-3H3. The van der Waals surface area contributed by atoms with Gasteiger partial charge in [-0.25, -0.2) is 4.98 Å². The quantitative estimate of drug-likeness (QED) is 0.705. The van der Waals surface area contributed by atoms with Crippen molar-refractivity contribution in [2.24, 2.45) is 0 Å². The number of hydrogen-bond acceptors (Lipinski definition) is 3. The number of hydrogen-bond donors (Lipinski definition) is 0. The molecule has 0 bridgehead atoms. The van der Waals surface area contributed by atoms with Gasteiger partial charge in [0.05, 0.1) is 22.8 Å². The van der Waals surface area contributed by atoms with Crippen LogP contribution in [0.5, 0.6) is 0 Å². The fourth-order valence-electron chi connectivity index (χ4n) is 2.17. The average molecular weight is 275 g/mol. The molecule has 3 heteroatoms. The fourth-order valence-corrected chi connectivity index (χ4v) is 2.17. The second-order valence-corrected chi connectivity index (χ2v) is 5.36. The molecular weight excluding hydrogens is 258 g/mol. The summed E-state index contributed by atoms with van der Waals surface area (Å²) in [4.78, 5) is 13.6. The van der Waals surface area contributed by atoms with Crippen LogP contribution in [0.1, 0.15) is 16.7 Å². The Bertz CT molecular complexity index is 696. The number of pyridine rings is 3. The van der Waals surface area contributed by atoms with Gasteiger partial charge in [-0.3, -0.25) is 9.97 Å². The van der Waals surface area contributed by atoms with Crippen molar-refractivity contribution in [2.75, 3.05) is 0 Å². The minimum Gasteiger partial charge on any atom is -0.254 e. The molecule has 0 unspecified atom stereocenters. The average Bonchev–Trinajstić information content (AvgIpc) is 2.48. The molecule has 0 aliphatic heterocycles. The molecule has 0 N–H and O–H groups in total. The molecule has 0 fully saturated rings. The second kappa shape index (κ2) is 5.44. The lowest BCUT2D eigenvalue weighted by atomic mass is 10.1. The van der Waals surface area contributed by atoms with E-state index in [-0.39, 0.29) is 0 Å². The van der Waals surface area contributed by atoms with E-state index in [9.17, 15) is 0 Å². The van der Waals surface area contributed by atoms with Crippen LogP contribution in [0.3, 0.4) is 0 Å². The first-order chi connectivity index (χ1) is 10.1. The van der Waals surface area contributed by atoms with Gasteiger partial charge in [-0.15, -0.1) is 0 Å². The lowest BCUT2D eigenvalue weighted by molar-refractivity contribution is 1.18. The van der Waals surface area contributed by atoms with Crippen molar-refractivity contribution in [3.05, 3.63) is 65.5 Å². The number of nitrogens with zero attached hydrogens (tertiary/aromatic N) is 3. The highest BCUT2D eigenvalue weighted by Crippen LogP contribution is 2.22. The molecule has 3 aromatic heterocycles. The summed E-state index contributed by atoms with van der Waals surface area (Å²) in [6.45, 7) is 6.13. The molecular formula is C18H17N3. The summed E-state index contributed by atoms with van der Waals surface area (Å²) in [7, 11) is 0. The van der Waals surface area contributed by atoms with Gasteiger partial charge in [-0.2, -0.15) is 0 Å². The molecule has 0 aliphatic carbocycles. The third-order valence-electron chi connectivity index (χ3n) is 3.32. The minimum absolute atomic E-state index is 0.882. The van der Waals surface area contributed by atoms with Crippen molar-refractivity contribution in [3.8, 4) is 22.8 Å². The van der Waals surface area contributed by atoms with Gasteiger partial charge >= 0.3 is 0 Å². The number of aryl methyl sites for hydroxylation is 3. The van der Waals surface area contributed by atoms with Gasteiger partial charge in [0.15, 0.2) is 0 Å². The van der Waals surface area contributed by atoms with Crippen molar-refractivity contribution >= 4 is 0 Å². The summed E-state index contributed by atoms with van der Waals surface area (Å²) in [5.74, 6) is 0. The van der Waals surface area contributed by atoms with Crippen LogP contribution in [0.15, 0.2) is 48.8 Å². The van der Waals surface area contributed by atoms with E-state index in [2.05, 4.69) is 41.2 Å². The lowest BCUT2D eigenvalue weighted by Gasteiger charge is -2.07. The van der Waals surface area contributed by atoms with Gasteiger partial charge < -0.3 is 0 Å². The van der Waals surface area contributed by atoms with E-state index in [0.29, 0.717) is 0 Å². The topological polar surface area (TPSA) is 38.7 Å².